The number of rotatable bonds is 2. The van der Waals surface area contributed by atoms with E-state index < -0.39 is 17.6 Å². The molecule has 2 N–H and O–H groups in total. The van der Waals surface area contributed by atoms with E-state index in [0.717, 1.165) is 6.07 Å². The topological polar surface area (TPSA) is 44.9 Å². The molecule has 0 saturated heterocycles. The van der Waals surface area contributed by atoms with Gasteiger partial charge in [0.15, 0.2) is 0 Å². The molecule has 0 bridgehead atoms. The number of alkyl halides is 3. The molecule has 0 spiro atoms. The lowest BCUT2D eigenvalue weighted by atomic mass is 10.2. The number of hydrogen-bond donors (Lipinski definition) is 2. The normalized spacial score (nSPS) is 11.4. The molecule has 0 atom stereocenters. The van der Waals surface area contributed by atoms with E-state index in [2.05, 4.69) is 42.2 Å². The Morgan fingerprint density at radius 1 is 1.20 bits per heavy atom. The summed E-state index contributed by atoms with van der Waals surface area (Å²) >= 11 is 6.00. The molecule has 1 heterocycles. The third-order valence-electron chi connectivity index (χ3n) is 2.42. The van der Waals surface area contributed by atoms with Gasteiger partial charge in [-0.05, 0) is 40.2 Å². The van der Waals surface area contributed by atoms with Gasteiger partial charge in [0, 0.05) is 20.8 Å². The van der Waals surface area contributed by atoms with Gasteiger partial charge in [-0.25, -0.2) is 0 Å². The van der Waals surface area contributed by atoms with Gasteiger partial charge in [-0.2, -0.15) is 13.2 Å². The Kier molecular flexibility index (Phi) is 4.24. The van der Waals surface area contributed by atoms with Crippen LogP contribution in [-0.4, -0.2) is 10.9 Å². The van der Waals surface area contributed by atoms with E-state index in [1.165, 1.54) is 18.2 Å². The first-order chi connectivity index (χ1) is 9.27. The minimum Gasteiger partial charge on any atom is -0.356 e. The number of aromatic amines is 1. The number of carbonyl (C=O) groups is 1. The number of benzene rings is 1. The first-order valence-electron chi connectivity index (χ1n) is 5.29. The maximum atomic E-state index is 12.7. The largest absolute Gasteiger partial charge is 0.417 e. The highest BCUT2D eigenvalue weighted by molar-refractivity contribution is 9.10. The second-order valence-electron chi connectivity index (χ2n) is 3.88. The fourth-order valence-corrected chi connectivity index (χ4v) is 2.33. The van der Waals surface area contributed by atoms with Gasteiger partial charge in [-0.3, -0.25) is 4.79 Å². The number of carbonyl (C=O) groups excluding carboxylic acids is 1. The van der Waals surface area contributed by atoms with Crippen LogP contribution in [-0.2, 0) is 6.18 Å². The molecule has 8 heteroatoms. The summed E-state index contributed by atoms with van der Waals surface area (Å²) in [6.45, 7) is 0. The summed E-state index contributed by atoms with van der Waals surface area (Å²) < 4.78 is 38.8. The first-order valence-corrected chi connectivity index (χ1v) is 6.88. The van der Waals surface area contributed by atoms with Crippen LogP contribution in [0.2, 0.25) is 0 Å². The fourth-order valence-electron chi connectivity index (χ4n) is 1.52. The Morgan fingerprint density at radius 3 is 2.45 bits per heavy atom. The van der Waals surface area contributed by atoms with Crippen molar-refractivity contribution in [1.29, 1.82) is 0 Å². The number of aromatic nitrogens is 1. The van der Waals surface area contributed by atoms with E-state index in [4.69, 9.17) is 0 Å². The monoisotopic (exact) mass is 410 g/mol. The Balaban J connectivity index is 2.24. The van der Waals surface area contributed by atoms with Crippen molar-refractivity contribution in [2.45, 2.75) is 6.18 Å². The van der Waals surface area contributed by atoms with Crippen molar-refractivity contribution in [3.63, 3.8) is 0 Å². The summed E-state index contributed by atoms with van der Waals surface area (Å²) in [7, 11) is 0. The summed E-state index contributed by atoms with van der Waals surface area (Å²) in [5.41, 5.74) is -0.535. The average Bonchev–Trinajstić information content (AvgIpc) is 2.77. The minimum absolute atomic E-state index is 0.0660. The second kappa shape index (κ2) is 5.61. The maximum absolute atomic E-state index is 12.7. The van der Waals surface area contributed by atoms with E-state index in [9.17, 15) is 18.0 Å². The smallest absolute Gasteiger partial charge is 0.356 e. The van der Waals surface area contributed by atoms with Crippen LogP contribution in [0.3, 0.4) is 0 Å². The van der Waals surface area contributed by atoms with E-state index in [1.807, 2.05) is 0 Å². The van der Waals surface area contributed by atoms with E-state index in [0.29, 0.717) is 4.47 Å². The zero-order valence-electron chi connectivity index (χ0n) is 9.68. The highest BCUT2D eigenvalue weighted by Crippen LogP contribution is 2.36. The Bertz CT molecular complexity index is 652. The number of halogens is 5. The lowest BCUT2D eigenvalue weighted by Crippen LogP contribution is -2.13. The van der Waals surface area contributed by atoms with Gasteiger partial charge in [0.2, 0.25) is 0 Å². The van der Waals surface area contributed by atoms with E-state index in [-0.39, 0.29) is 15.9 Å². The van der Waals surface area contributed by atoms with Crippen LogP contribution < -0.4 is 5.32 Å². The molecule has 106 valence electrons. The van der Waals surface area contributed by atoms with Gasteiger partial charge in [0.05, 0.1) is 5.56 Å². The highest BCUT2D eigenvalue weighted by atomic mass is 79.9. The van der Waals surface area contributed by atoms with Crippen LogP contribution in [0.5, 0.6) is 0 Å². The van der Waals surface area contributed by atoms with Gasteiger partial charge in [-0.15, -0.1) is 0 Å². The molecule has 2 rings (SSSR count). The number of amides is 1. The Morgan fingerprint density at radius 2 is 1.90 bits per heavy atom. The molecular formula is C12H7Br2F3N2O. The number of H-pyrrole nitrogens is 1. The van der Waals surface area contributed by atoms with Gasteiger partial charge in [0.25, 0.3) is 5.91 Å². The van der Waals surface area contributed by atoms with Crippen molar-refractivity contribution in [2.75, 3.05) is 5.32 Å². The molecule has 0 aliphatic rings. The molecule has 2 aromatic rings. The molecule has 0 radical (unpaired) electrons. The lowest BCUT2D eigenvalue weighted by molar-refractivity contribution is -0.138. The van der Waals surface area contributed by atoms with Crippen molar-refractivity contribution < 1.29 is 18.0 Å². The molecule has 1 amide bonds. The predicted octanol–water partition coefficient (Wildman–Crippen LogP) is 4.81. The van der Waals surface area contributed by atoms with Crippen molar-refractivity contribution in [3.05, 3.63) is 50.7 Å². The lowest BCUT2D eigenvalue weighted by Gasteiger charge is -2.11. The van der Waals surface area contributed by atoms with Crippen LogP contribution in [0.15, 0.2) is 39.4 Å². The SMILES string of the molecule is O=C(Nc1ccc(Br)c(C(F)(F)F)c1)c1cc(Br)c[nH]1. The minimum atomic E-state index is -4.49. The van der Waals surface area contributed by atoms with Gasteiger partial charge in [-0.1, -0.05) is 15.9 Å². The van der Waals surface area contributed by atoms with Crippen LogP contribution in [0.25, 0.3) is 0 Å². The standard InChI is InChI=1S/C12H7Br2F3N2O/c13-6-3-10(18-5-6)11(20)19-7-1-2-9(14)8(4-7)12(15,16)17/h1-5,18H,(H,19,20). The second-order valence-corrected chi connectivity index (χ2v) is 5.65. The first kappa shape index (κ1) is 15.1. The molecule has 20 heavy (non-hydrogen) atoms. The van der Waals surface area contributed by atoms with Crippen molar-refractivity contribution in [3.8, 4) is 0 Å². The molecule has 1 aromatic heterocycles. The molecule has 0 fully saturated rings. The quantitative estimate of drug-likeness (QED) is 0.731. The number of hydrogen-bond acceptors (Lipinski definition) is 1. The Hall–Kier alpha value is -1.28. The maximum Gasteiger partial charge on any atom is 0.417 e. The van der Waals surface area contributed by atoms with Gasteiger partial charge < -0.3 is 10.3 Å². The molecular weight excluding hydrogens is 405 g/mol. The fraction of sp³-hybridized carbons (Fsp3) is 0.0833. The molecule has 0 unspecified atom stereocenters. The summed E-state index contributed by atoms with van der Waals surface area (Å²) in [5.74, 6) is -0.522. The molecule has 0 saturated carbocycles. The summed E-state index contributed by atoms with van der Waals surface area (Å²) in [6.07, 6.45) is -2.94. The molecule has 3 nitrogen and oxygen atoms in total. The number of anilines is 1. The predicted molar refractivity (Wildman–Crippen MR) is 75.6 cm³/mol. The van der Waals surface area contributed by atoms with Crippen LogP contribution >= 0.6 is 31.9 Å². The Labute approximate surface area is 128 Å². The van der Waals surface area contributed by atoms with Gasteiger partial charge >= 0.3 is 6.18 Å². The van der Waals surface area contributed by atoms with E-state index >= 15 is 0 Å². The molecule has 1 aromatic carbocycles. The summed E-state index contributed by atoms with van der Waals surface area (Å²) in [4.78, 5) is 14.5. The summed E-state index contributed by atoms with van der Waals surface area (Å²) in [6, 6.07) is 5.02. The average molecular weight is 412 g/mol. The van der Waals surface area contributed by atoms with Crippen molar-refractivity contribution >= 4 is 43.5 Å². The zero-order valence-corrected chi connectivity index (χ0v) is 12.9. The number of nitrogens with one attached hydrogen (secondary N) is 2. The zero-order chi connectivity index (χ0) is 14.9. The third kappa shape index (κ3) is 3.43. The third-order valence-corrected chi connectivity index (χ3v) is 3.57. The summed E-state index contributed by atoms with van der Waals surface area (Å²) in [5, 5.41) is 2.40. The van der Waals surface area contributed by atoms with E-state index in [1.54, 1.807) is 6.20 Å². The van der Waals surface area contributed by atoms with Gasteiger partial charge in [0.1, 0.15) is 5.69 Å². The molecule has 0 aliphatic heterocycles. The molecule has 0 aliphatic carbocycles. The van der Waals surface area contributed by atoms with Crippen molar-refractivity contribution in [1.82, 2.24) is 4.98 Å². The van der Waals surface area contributed by atoms with Crippen LogP contribution in [0, 0.1) is 0 Å². The van der Waals surface area contributed by atoms with Crippen molar-refractivity contribution in [2.24, 2.45) is 0 Å². The van der Waals surface area contributed by atoms with Crippen LogP contribution in [0.4, 0.5) is 18.9 Å². The van der Waals surface area contributed by atoms with Crippen LogP contribution in [0.1, 0.15) is 16.1 Å². The highest BCUT2D eigenvalue weighted by Gasteiger charge is 2.33.